The molecule has 1 aromatic carbocycles. The Morgan fingerprint density at radius 3 is 1.82 bits per heavy atom. The highest BCUT2D eigenvalue weighted by molar-refractivity contribution is 7.78. The predicted octanol–water partition coefficient (Wildman–Crippen LogP) is 3.66. The number of rotatable bonds is 10. The van der Waals surface area contributed by atoms with E-state index in [-0.39, 0.29) is 25.7 Å². The number of hydrogen-bond donors (Lipinski definition) is 0. The van der Waals surface area contributed by atoms with Crippen molar-refractivity contribution in [3.8, 4) is 0 Å². The first-order valence-electron chi connectivity index (χ1n) is 7.10. The molecular formula is C14H22O6P2. The summed E-state index contributed by atoms with van der Waals surface area (Å²) in [6, 6.07) is 6.17. The van der Waals surface area contributed by atoms with Gasteiger partial charge in [-0.1, -0.05) is 12.1 Å². The zero-order valence-corrected chi connectivity index (χ0v) is 14.8. The molecule has 1 unspecified atom stereocenters. The summed E-state index contributed by atoms with van der Waals surface area (Å²) in [5.41, 5.74) is 0.463. The molecule has 1 rings (SSSR count). The van der Waals surface area contributed by atoms with Gasteiger partial charge in [0, 0.05) is 10.9 Å². The standard InChI is InChI=1S/C14H22O6P2/c1-4-18-21(16,12-22(17,19-5-2)20-6-3)14-9-7-13(11-15)8-10-14/h7-11H,4-6,12H2,1-3H3. The largest absolute Gasteiger partial charge is 0.340 e. The lowest BCUT2D eigenvalue weighted by Gasteiger charge is -2.23. The summed E-state index contributed by atoms with van der Waals surface area (Å²) in [5.74, 6) is -0.323. The van der Waals surface area contributed by atoms with Gasteiger partial charge in [0.1, 0.15) is 12.2 Å². The summed E-state index contributed by atoms with van der Waals surface area (Å²) in [4.78, 5) is 10.7. The quantitative estimate of drug-likeness (QED) is 0.474. The fourth-order valence-electron chi connectivity index (χ4n) is 1.93. The molecule has 0 bridgehead atoms. The Morgan fingerprint density at radius 1 is 0.909 bits per heavy atom. The van der Waals surface area contributed by atoms with Crippen LogP contribution in [0.5, 0.6) is 0 Å². The van der Waals surface area contributed by atoms with Crippen molar-refractivity contribution in [2.24, 2.45) is 0 Å². The molecule has 0 spiro atoms. The van der Waals surface area contributed by atoms with E-state index in [2.05, 4.69) is 0 Å². The predicted molar refractivity (Wildman–Crippen MR) is 86.4 cm³/mol. The molecule has 1 atom stereocenters. The molecule has 0 N–H and O–H groups in total. The molecule has 0 amide bonds. The first-order valence-corrected chi connectivity index (χ1v) is 10.6. The normalized spacial score (nSPS) is 14.5. The lowest BCUT2D eigenvalue weighted by atomic mass is 10.2. The molecule has 0 aromatic heterocycles. The summed E-state index contributed by atoms with van der Waals surface area (Å²) in [6.45, 7) is 5.66. The Bertz CT molecular complexity index is 559. The Balaban J connectivity index is 3.15. The van der Waals surface area contributed by atoms with E-state index in [9.17, 15) is 13.9 Å². The minimum absolute atomic E-state index is 0.188. The summed E-state index contributed by atoms with van der Waals surface area (Å²) < 4.78 is 41.6. The van der Waals surface area contributed by atoms with Crippen molar-refractivity contribution in [3.63, 3.8) is 0 Å². The van der Waals surface area contributed by atoms with Crippen molar-refractivity contribution in [1.82, 2.24) is 0 Å². The molecular weight excluding hydrogens is 326 g/mol. The fourth-order valence-corrected chi connectivity index (χ4v) is 7.41. The van der Waals surface area contributed by atoms with Crippen LogP contribution in [0.25, 0.3) is 0 Å². The SMILES string of the molecule is CCOP(=O)(CP(=O)(OCC)c1ccc(C=O)cc1)OCC. The van der Waals surface area contributed by atoms with Gasteiger partial charge >= 0.3 is 7.60 Å². The molecule has 0 saturated heterocycles. The second kappa shape index (κ2) is 8.76. The molecule has 124 valence electrons. The van der Waals surface area contributed by atoms with Gasteiger partial charge < -0.3 is 13.6 Å². The van der Waals surface area contributed by atoms with Crippen molar-refractivity contribution < 1.29 is 27.5 Å². The lowest BCUT2D eigenvalue weighted by Crippen LogP contribution is -2.13. The maximum Gasteiger partial charge on any atom is 0.340 e. The summed E-state index contributed by atoms with van der Waals surface area (Å²) in [7, 11) is -6.92. The molecule has 1 aromatic rings. The highest BCUT2D eigenvalue weighted by Crippen LogP contribution is 2.62. The monoisotopic (exact) mass is 348 g/mol. The minimum atomic E-state index is -3.51. The maximum atomic E-state index is 13.1. The average molecular weight is 348 g/mol. The molecule has 0 saturated carbocycles. The highest BCUT2D eigenvalue weighted by Gasteiger charge is 2.38. The van der Waals surface area contributed by atoms with Crippen molar-refractivity contribution >= 4 is 26.6 Å². The second-order valence-corrected chi connectivity index (χ2v) is 9.38. The Hall–Kier alpha value is -0.770. The second-order valence-electron chi connectivity index (χ2n) is 4.39. The molecule has 6 nitrogen and oxygen atoms in total. The Kier molecular flexibility index (Phi) is 7.67. The van der Waals surface area contributed by atoms with Crippen LogP contribution in [0.15, 0.2) is 24.3 Å². The molecule has 0 aliphatic rings. The van der Waals surface area contributed by atoms with Gasteiger partial charge in [-0.2, -0.15) is 0 Å². The number of benzene rings is 1. The van der Waals surface area contributed by atoms with Crippen LogP contribution in [0.3, 0.4) is 0 Å². The third kappa shape index (κ3) is 5.15. The summed E-state index contributed by atoms with van der Waals surface area (Å²) >= 11 is 0. The van der Waals surface area contributed by atoms with E-state index in [1.807, 2.05) is 0 Å². The van der Waals surface area contributed by atoms with Gasteiger partial charge in [-0.15, -0.1) is 0 Å². The number of carbonyl (C=O) groups is 1. The van der Waals surface area contributed by atoms with E-state index in [1.54, 1.807) is 45.0 Å². The molecule has 0 fully saturated rings. The van der Waals surface area contributed by atoms with Gasteiger partial charge in [0.15, 0.2) is 0 Å². The van der Waals surface area contributed by atoms with Crippen LogP contribution >= 0.6 is 15.0 Å². The molecule has 0 heterocycles. The van der Waals surface area contributed by atoms with Crippen molar-refractivity contribution in [2.75, 3.05) is 25.7 Å². The van der Waals surface area contributed by atoms with E-state index < -0.39 is 15.0 Å². The van der Waals surface area contributed by atoms with Crippen LogP contribution < -0.4 is 5.30 Å². The van der Waals surface area contributed by atoms with Gasteiger partial charge in [0.05, 0.1) is 19.8 Å². The molecule has 22 heavy (non-hydrogen) atoms. The van der Waals surface area contributed by atoms with Gasteiger partial charge in [-0.25, -0.2) is 0 Å². The zero-order valence-electron chi connectivity index (χ0n) is 13.1. The lowest BCUT2D eigenvalue weighted by molar-refractivity contribution is 0.112. The van der Waals surface area contributed by atoms with Gasteiger partial charge in [-0.05, 0) is 32.9 Å². The smallest absolute Gasteiger partial charge is 0.325 e. The number of hydrogen-bond acceptors (Lipinski definition) is 6. The van der Waals surface area contributed by atoms with Crippen LogP contribution in [-0.4, -0.2) is 32.0 Å². The first kappa shape index (κ1) is 19.3. The zero-order chi connectivity index (χ0) is 16.6. The first-order chi connectivity index (χ1) is 10.4. The van der Waals surface area contributed by atoms with Crippen molar-refractivity contribution in [1.29, 1.82) is 0 Å². The van der Waals surface area contributed by atoms with Gasteiger partial charge in [-0.3, -0.25) is 13.9 Å². The minimum Gasteiger partial charge on any atom is -0.325 e. The van der Waals surface area contributed by atoms with Crippen LogP contribution in [-0.2, 0) is 22.7 Å². The van der Waals surface area contributed by atoms with E-state index in [0.29, 0.717) is 17.2 Å². The average Bonchev–Trinajstić information content (AvgIpc) is 2.47. The maximum absolute atomic E-state index is 13.1. The molecule has 0 radical (unpaired) electrons. The van der Waals surface area contributed by atoms with Crippen molar-refractivity contribution in [3.05, 3.63) is 29.8 Å². The van der Waals surface area contributed by atoms with Gasteiger partial charge in [0.2, 0.25) is 7.37 Å². The highest BCUT2D eigenvalue weighted by atomic mass is 31.2. The van der Waals surface area contributed by atoms with Crippen LogP contribution in [0.1, 0.15) is 31.1 Å². The Labute approximate surface area is 131 Å². The van der Waals surface area contributed by atoms with Crippen LogP contribution in [0.2, 0.25) is 0 Å². The third-order valence-corrected chi connectivity index (χ3v) is 8.71. The molecule has 8 heteroatoms. The third-order valence-electron chi connectivity index (χ3n) is 2.77. The number of carbonyl (C=O) groups excluding carboxylic acids is 1. The Morgan fingerprint density at radius 2 is 1.41 bits per heavy atom. The van der Waals surface area contributed by atoms with Crippen LogP contribution in [0.4, 0.5) is 0 Å². The molecule has 0 aliphatic heterocycles. The van der Waals surface area contributed by atoms with E-state index in [4.69, 9.17) is 13.6 Å². The van der Waals surface area contributed by atoms with E-state index in [1.165, 1.54) is 0 Å². The van der Waals surface area contributed by atoms with Crippen LogP contribution in [0, 0.1) is 0 Å². The topological polar surface area (TPSA) is 78.9 Å². The van der Waals surface area contributed by atoms with Crippen molar-refractivity contribution in [2.45, 2.75) is 20.8 Å². The fraction of sp³-hybridized carbons (Fsp3) is 0.500. The van der Waals surface area contributed by atoms with E-state index >= 15 is 0 Å². The number of aldehydes is 1. The van der Waals surface area contributed by atoms with E-state index in [0.717, 1.165) is 0 Å². The summed E-state index contributed by atoms with van der Waals surface area (Å²) in [5, 5.41) is 0.389. The van der Waals surface area contributed by atoms with Gasteiger partial charge in [0.25, 0.3) is 0 Å². The molecule has 0 aliphatic carbocycles. The summed E-state index contributed by atoms with van der Waals surface area (Å²) in [6.07, 6.45) is 0.695.